The molecule has 1 aliphatic rings. The van der Waals surface area contributed by atoms with Gasteiger partial charge in [0.05, 0.1) is 0 Å². The molecule has 0 amide bonds. The van der Waals surface area contributed by atoms with E-state index in [0.29, 0.717) is 17.2 Å². The number of nitrogens with one attached hydrogen (secondary N) is 1. The summed E-state index contributed by atoms with van der Waals surface area (Å²) in [6, 6.07) is 17.7. The molecule has 4 rings (SSSR count). The summed E-state index contributed by atoms with van der Waals surface area (Å²) >= 11 is 0. The minimum atomic E-state index is -3.68. The number of esters is 1. The van der Waals surface area contributed by atoms with Gasteiger partial charge in [0.15, 0.2) is 6.35 Å². The quantitative estimate of drug-likeness (QED) is 0.162. The largest absolute Gasteiger partial charge is 0.508 e. The molecule has 2 atom stereocenters. The highest BCUT2D eigenvalue weighted by molar-refractivity contribution is 7.57. The summed E-state index contributed by atoms with van der Waals surface area (Å²) in [6.45, 7) is 9.83. The zero-order chi connectivity index (χ0) is 30.3. The first-order valence-corrected chi connectivity index (χ1v) is 16.7. The van der Waals surface area contributed by atoms with Crippen molar-refractivity contribution in [1.29, 1.82) is 0 Å². The lowest BCUT2D eigenvalue weighted by molar-refractivity contribution is -0.152. The first kappa shape index (κ1) is 31.7. The molecule has 0 unspecified atom stereocenters. The number of benzene rings is 3. The van der Waals surface area contributed by atoms with E-state index in [1.54, 1.807) is 37.3 Å². The summed E-state index contributed by atoms with van der Waals surface area (Å²) in [4.78, 5) is 12.9. The summed E-state index contributed by atoms with van der Waals surface area (Å²) in [5, 5.41) is 13.1. The minimum Gasteiger partial charge on any atom is -0.508 e. The topological polar surface area (TPSA) is 94.1 Å². The van der Waals surface area contributed by atoms with Crippen molar-refractivity contribution in [3.63, 3.8) is 0 Å². The van der Waals surface area contributed by atoms with Crippen LogP contribution in [0, 0.1) is 13.8 Å². The highest BCUT2D eigenvalue weighted by atomic mass is 31.2. The van der Waals surface area contributed by atoms with E-state index in [4.69, 9.17) is 14.0 Å². The molecular formula is C34H44NO6P. The van der Waals surface area contributed by atoms with Crippen molar-refractivity contribution in [1.82, 2.24) is 5.09 Å². The highest BCUT2D eigenvalue weighted by Gasteiger charge is 2.33. The predicted octanol–water partition coefficient (Wildman–Crippen LogP) is 8.19. The Morgan fingerprint density at radius 1 is 0.952 bits per heavy atom. The lowest BCUT2D eigenvalue weighted by Crippen LogP contribution is -2.38. The van der Waals surface area contributed by atoms with Crippen LogP contribution in [0.25, 0.3) is 0 Å². The smallest absolute Gasteiger partial charge is 0.354 e. The Kier molecular flexibility index (Phi) is 10.7. The van der Waals surface area contributed by atoms with E-state index in [1.165, 1.54) is 5.56 Å². The summed E-state index contributed by atoms with van der Waals surface area (Å²) in [5.41, 5.74) is 5.31. The first-order chi connectivity index (χ1) is 20.0. The second-order valence-electron chi connectivity index (χ2n) is 11.7. The van der Waals surface area contributed by atoms with Gasteiger partial charge in [-0.25, -0.2) is 5.09 Å². The van der Waals surface area contributed by atoms with Crippen LogP contribution in [-0.4, -0.2) is 29.6 Å². The van der Waals surface area contributed by atoms with Gasteiger partial charge >= 0.3 is 13.5 Å². The molecular weight excluding hydrogens is 549 g/mol. The third-order valence-corrected chi connectivity index (χ3v) is 9.50. The fourth-order valence-electron chi connectivity index (χ4n) is 5.39. The second-order valence-corrected chi connectivity index (χ2v) is 13.7. The highest BCUT2D eigenvalue weighted by Crippen LogP contribution is 2.44. The van der Waals surface area contributed by atoms with Crippen LogP contribution >= 0.6 is 7.52 Å². The molecule has 226 valence electrons. The number of hydrogen-bond acceptors (Lipinski definition) is 6. The van der Waals surface area contributed by atoms with Crippen molar-refractivity contribution >= 4 is 13.5 Å². The first-order valence-electron chi connectivity index (χ1n) is 14.9. The van der Waals surface area contributed by atoms with Gasteiger partial charge in [-0.05, 0) is 117 Å². The number of phenolic OH excluding ortho intramolecular Hbond substituents is 1. The van der Waals surface area contributed by atoms with E-state index in [0.717, 1.165) is 60.8 Å². The number of hydrogen-bond donors (Lipinski definition) is 2. The summed E-state index contributed by atoms with van der Waals surface area (Å²) in [5.74, 6) is 1.09. The van der Waals surface area contributed by atoms with Crippen LogP contribution in [-0.2, 0) is 20.5 Å². The monoisotopic (exact) mass is 593 g/mol. The summed E-state index contributed by atoms with van der Waals surface area (Å²) < 4.78 is 31.8. The van der Waals surface area contributed by atoms with Crippen molar-refractivity contribution in [3.8, 4) is 17.2 Å². The Hall–Kier alpha value is -3.28. The van der Waals surface area contributed by atoms with Crippen molar-refractivity contribution in [2.45, 2.75) is 91.2 Å². The van der Waals surface area contributed by atoms with Crippen LogP contribution in [0.1, 0.15) is 86.6 Å². The normalized spacial score (nSPS) is 16.0. The van der Waals surface area contributed by atoms with Crippen LogP contribution < -0.4 is 14.3 Å². The maximum atomic E-state index is 14.1. The molecule has 0 aliphatic heterocycles. The maximum absolute atomic E-state index is 14.1. The van der Waals surface area contributed by atoms with Crippen molar-refractivity contribution < 1.29 is 28.5 Å². The van der Waals surface area contributed by atoms with E-state index in [-0.39, 0.29) is 18.4 Å². The lowest BCUT2D eigenvalue weighted by Gasteiger charge is -2.26. The fourth-order valence-corrected chi connectivity index (χ4v) is 7.05. The van der Waals surface area contributed by atoms with E-state index < -0.39 is 19.5 Å². The van der Waals surface area contributed by atoms with Gasteiger partial charge in [-0.15, -0.1) is 0 Å². The molecule has 3 aromatic carbocycles. The van der Waals surface area contributed by atoms with Crippen LogP contribution in [0.5, 0.6) is 17.2 Å². The van der Waals surface area contributed by atoms with Gasteiger partial charge in [-0.3, -0.25) is 9.36 Å². The van der Waals surface area contributed by atoms with Crippen molar-refractivity contribution in [2.24, 2.45) is 0 Å². The number of ether oxygens (including phenoxy) is 2. The fraction of sp³-hybridized carbons (Fsp3) is 0.441. The average Bonchev–Trinajstić information content (AvgIpc) is 2.95. The molecule has 1 saturated carbocycles. The Labute approximate surface area is 250 Å². The zero-order valence-corrected chi connectivity index (χ0v) is 26.3. The molecule has 0 heterocycles. The lowest BCUT2D eigenvalue weighted by atomic mass is 9.93. The summed E-state index contributed by atoms with van der Waals surface area (Å²) in [7, 11) is -3.68. The molecule has 1 fully saturated rings. The van der Waals surface area contributed by atoms with Gasteiger partial charge < -0.3 is 19.1 Å². The van der Waals surface area contributed by atoms with Crippen LogP contribution in [0.15, 0.2) is 60.7 Å². The van der Waals surface area contributed by atoms with Gasteiger partial charge in [-0.2, -0.15) is 0 Å². The van der Waals surface area contributed by atoms with E-state index in [1.807, 2.05) is 38.1 Å². The van der Waals surface area contributed by atoms with Gasteiger partial charge in [0, 0.05) is 0 Å². The number of carbonyl (C=O) groups is 1. The van der Waals surface area contributed by atoms with Gasteiger partial charge in [0.2, 0.25) is 0 Å². The third-order valence-electron chi connectivity index (χ3n) is 7.74. The standard InChI is InChI=1S/C34H44NO6P/c1-23(2)31-20-27(16-17-33(31)36)21-32-24(3)18-30(19-25(32)4)39-22-42(38,41-29-14-10-7-11-15-29)35-26(5)34(37)40-28-12-8-6-9-13-28/h7,10-11,14-20,23,26,28,36H,6,8-9,12-13,21-22H2,1-5H3,(H,35,38)/t26-,42-/m0/s1. The van der Waals surface area contributed by atoms with Crippen molar-refractivity contribution in [2.75, 3.05) is 6.35 Å². The molecule has 0 aromatic heterocycles. The van der Waals surface area contributed by atoms with Gasteiger partial charge in [0.1, 0.15) is 29.4 Å². The third kappa shape index (κ3) is 8.62. The van der Waals surface area contributed by atoms with Crippen LogP contribution in [0.4, 0.5) is 0 Å². The summed E-state index contributed by atoms with van der Waals surface area (Å²) in [6.07, 6.45) is 5.34. The number of phenols is 1. The Morgan fingerprint density at radius 2 is 1.62 bits per heavy atom. The zero-order valence-electron chi connectivity index (χ0n) is 25.4. The predicted molar refractivity (Wildman–Crippen MR) is 167 cm³/mol. The molecule has 3 aromatic rings. The van der Waals surface area contributed by atoms with E-state index in [9.17, 15) is 14.5 Å². The Bertz CT molecular complexity index is 1380. The molecule has 0 radical (unpaired) electrons. The minimum absolute atomic E-state index is 0.0934. The Morgan fingerprint density at radius 3 is 2.26 bits per heavy atom. The van der Waals surface area contributed by atoms with Crippen molar-refractivity contribution in [3.05, 3.63) is 88.5 Å². The molecule has 1 aliphatic carbocycles. The van der Waals surface area contributed by atoms with Gasteiger partial charge in [0.25, 0.3) is 0 Å². The average molecular weight is 594 g/mol. The van der Waals surface area contributed by atoms with Crippen LogP contribution in [0.3, 0.4) is 0 Å². The Balaban J connectivity index is 1.48. The van der Waals surface area contributed by atoms with Crippen LogP contribution in [0.2, 0.25) is 0 Å². The molecule has 7 nitrogen and oxygen atoms in total. The van der Waals surface area contributed by atoms with E-state index in [2.05, 4.69) is 25.0 Å². The van der Waals surface area contributed by atoms with E-state index >= 15 is 0 Å². The molecule has 2 N–H and O–H groups in total. The number of carbonyl (C=O) groups excluding carboxylic acids is 1. The molecule has 0 saturated heterocycles. The molecule has 0 spiro atoms. The maximum Gasteiger partial charge on any atom is 0.354 e. The number of rotatable bonds is 12. The molecule has 42 heavy (non-hydrogen) atoms. The molecule has 8 heteroatoms. The number of aromatic hydroxyl groups is 1. The second kappa shape index (κ2) is 14.3. The number of aryl methyl sites for hydroxylation is 2. The SMILES string of the molecule is Cc1cc(OC[P@@](=O)(N[C@@H](C)C(=O)OC2CCCCC2)Oc2ccccc2)cc(C)c1Cc1ccc(O)c(C(C)C)c1. The molecule has 0 bridgehead atoms. The number of para-hydroxylation sites is 1. The van der Waals surface area contributed by atoms with Gasteiger partial charge in [-0.1, -0.05) is 50.6 Å².